The van der Waals surface area contributed by atoms with E-state index >= 15 is 0 Å². The zero-order valence-electron chi connectivity index (χ0n) is 15.0. The molecule has 0 bridgehead atoms. The normalized spacial score (nSPS) is 29.8. The van der Waals surface area contributed by atoms with Crippen LogP contribution >= 0.6 is 35.7 Å². The number of hydrogen-bond acceptors (Lipinski definition) is 10. The molecule has 1 fully saturated rings. The molecule has 0 amide bonds. The number of nitrogens with one attached hydrogen (secondary N) is 1. The van der Waals surface area contributed by atoms with Crippen molar-refractivity contribution < 1.29 is 65.0 Å². The molecule has 32 heavy (non-hydrogen) atoms. The Balaban J connectivity index is 2.26. The molecular weight excluding hydrogens is 531 g/mol. The summed E-state index contributed by atoms with van der Waals surface area (Å²) in [6.07, 6.45) is -1.11. The summed E-state index contributed by atoms with van der Waals surface area (Å²) in [5.74, 6) is 0.344. The van der Waals surface area contributed by atoms with Crippen LogP contribution in [0.15, 0.2) is 11.0 Å². The average molecular weight is 544 g/mol. The highest BCUT2D eigenvalue weighted by atomic mass is 32.1. The van der Waals surface area contributed by atoms with Gasteiger partial charge in [-0.2, -0.15) is 13.0 Å². The van der Waals surface area contributed by atoms with Crippen LogP contribution < -0.4 is 5.56 Å². The van der Waals surface area contributed by atoms with Crippen molar-refractivity contribution in [1.29, 1.82) is 0 Å². The maximum atomic E-state index is 14.7. The molecule has 1 aromatic heterocycles. The Morgan fingerprint density at radius 3 is 2.41 bits per heavy atom. The molecule has 3 unspecified atom stereocenters. The standard InChI is InChI=1S/C11H13F2N2O13P3S/c1-2-11(4-25-30(21,22)28-31(23,24)27-29(18,19)20)7(16)6(13)9(26-11)15-3-5(12)8(17)14-10(15)32/h1,3,6-7,9,16H,4H2,(H,21,22)(H,23,24)(H,14,17,32)(H2,18,19,20)/t6?,7-,9-,11-/m1/s1. The number of aliphatic hydroxyl groups is 1. The van der Waals surface area contributed by atoms with E-state index < -0.39 is 70.3 Å². The van der Waals surface area contributed by atoms with E-state index in [0.29, 0.717) is 10.8 Å². The number of aromatic nitrogens is 2. The van der Waals surface area contributed by atoms with E-state index in [1.807, 2.05) is 4.98 Å². The van der Waals surface area contributed by atoms with Crippen molar-refractivity contribution in [2.45, 2.75) is 24.1 Å². The number of alkyl halides is 1. The number of nitrogens with zero attached hydrogens (tertiary/aromatic N) is 1. The fourth-order valence-electron chi connectivity index (χ4n) is 2.38. The van der Waals surface area contributed by atoms with Crippen molar-refractivity contribution in [2.75, 3.05) is 6.61 Å². The summed E-state index contributed by atoms with van der Waals surface area (Å²) in [6.45, 7) is -1.40. The van der Waals surface area contributed by atoms with Crippen LogP contribution in [0.4, 0.5) is 8.78 Å². The molecule has 0 saturated carbocycles. The molecule has 2 rings (SSSR count). The summed E-state index contributed by atoms with van der Waals surface area (Å²) in [5.41, 5.74) is -3.83. The van der Waals surface area contributed by atoms with E-state index in [9.17, 15) is 37.3 Å². The zero-order valence-corrected chi connectivity index (χ0v) is 18.5. The average Bonchev–Trinajstić information content (AvgIpc) is 2.85. The Morgan fingerprint density at radius 2 is 1.88 bits per heavy atom. The minimum Gasteiger partial charge on any atom is -0.386 e. The Morgan fingerprint density at radius 1 is 1.28 bits per heavy atom. The first kappa shape index (κ1) is 27.1. The molecule has 1 aliphatic rings. The second kappa shape index (κ2) is 9.24. The van der Waals surface area contributed by atoms with Crippen LogP contribution in [0.3, 0.4) is 0 Å². The van der Waals surface area contributed by atoms with Crippen LogP contribution in [0.25, 0.3) is 0 Å². The van der Waals surface area contributed by atoms with Gasteiger partial charge in [-0.3, -0.25) is 18.9 Å². The van der Waals surface area contributed by atoms with Crippen molar-refractivity contribution in [3.8, 4) is 12.3 Å². The molecule has 1 aromatic rings. The van der Waals surface area contributed by atoms with E-state index in [0.717, 1.165) is 0 Å². The largest absolute Gasteiger partial charge is 0.490 e. The summed E-state index contributed by atoms with van der Waals surface area (Å²) in [5, 5.41) is 10.2. The fraction of sp³-hybridized carbons (Fsp3) is 0.455. The number of H-pyrrole nitrogens is 1. The van der Waals surface area contributed by atoms with E-state index in [1.165, 1.54) is 0 Å². The molecule has 0 radical (unpaired) electrons. The molecule has 15 nitrogen and oxygen atoms in total. The van der Waals surface area contributed by atoms with Gasteiger partial charge in [0.2, 0.25) is 5.82 Å². The molecule has 180 valence electrons. The number of aromatic amines is 1. The first-order valence-corrected chi connectivity index (χ1v) is 12.6. The first-order chi connectivity index (χ1) is 14.4. The van der Waals surface area contributed by atoms with Crippen LogP contribution in [-0.4, -0.2) is 58.7 Å². The Kier molecular flexibility index (Phi) is 7.83. The van der Waals surface area contributed by atoms with Gasteiger partial charge in [0.15, 0.2) is 22.8 Å². The first-order valence-electron chi connectivity index (χ1n) is 7.69. The number of phosphoric ester groups is 1. The van der Waals surface area contributed by atoms with Gasteiger partial charge < -0.3 is 29.4 Å². The predicted octanol–water partition coefficient (Wildman–Crippen LogP) is -0.0119. The van der Waals surface area contributed by atoms with Crippen molar-refractivity contribution in [3.05, 3.63) is 27.1 Å². The van der Waals surface area contributed by atoms with Gasteiger partial charge >= 0.3 is 23.5 Å². The topological polar surface area (TPSA) is 227 Å². The van der Waals surface area contributed by atoms with Gasteiger partial charge in [-0.1, -0.05) is 5.92 Å². The molecule has 6 atom stereocenters. The van der Waals surface area contributed by atoms with E-state index in [4.69, 9.17) is 38.1 Å². The van der Waals surface area contributed by atoms with Crippen LogP contribution in [0.2, 0.25) is 0 Å². The van der Waals surface area contributed by atoms with Gasteiger partial charge in [0.05, 0.1) is 6.20 Å². The van der Waals surface area contributed by atoms with Gasteiger partial charge in [0.1, 0.15) is 12.7 Å². The summed E-state index contributed by atoms with van der Waals surface area (Å²) in [7, 11) is -17.2. The molecule has 21 heteroatoms. The number of aliphatic hydroxyl groups excluding tert-OH is 1. The third-order valence-electron chi connectivity index (χ3n) is 3.68. The maximum absolute atomic E-state index is 14.7. The lowest BCUT2D eigenvalue weighted by atomic mass is 9.98. The van der Waals surface area contributed by atoms with E-state index in [2.05, 4.69) is 13.1 Å². The monoisotopic (exact) mass is 544 g/mol. The Hall–Kier alpha value is -1.15. The smallest absolute Gasteiger partial charge is 0.386 e. The highest BCUT2D eigenvalue weighted by Gasteiger charge is 2.57. The highest BCUT2D eigenvalue weighted by Crippen LogP contribution is 2.66. The molecule has 0 aromatic carbocycles. The SMILES string of the molecule is C#C[C@]1(COP(=O)(O)OP(=O)(O)OP(=O)(O)O)O[C@@H](n2cc(F)c(=O)[nH]c2=S)C(F)[C@H]1O. The second-order valence-electron chi connectivity index (χ2n) is 5.94. The van der Waals surface area contributed by atoms with Crippen molar-refractivity contribution in [2.24, 2.45) is 0 Å². The zero-order chi connectivity index (χ0) is 24.7. The molecule has 1 saturated heterocycles. The third-order valence-corrected chi connectivity index (χ3v) is 7.78. The predicted molar refractivity (Wildman–Crippen MR) is 98.3 cm³/mol. The van der Waals surface area contributed by atoms with Crippen LogP contribution in [0.1, 0.15) is 6.23 Å². The molecule has 2 heterocycles. The van der Waals surface area contributed by atoms with Crippen molar-refractivity contribution in [3.63, 3.8) is 0 Å². The molecular formula is C11H13F2N2O13P3S. The van der Waals surface area contributed by atoms with Crippen molar-refractivity contribution in [1.82, 2.24) is 9.55 Å². The summed E-state index contributed by atoms with van der Waals surface area (Å²) in [6, 6.07) is 0. The van der Waals surface area contributed by atoms with Gasteiger partial charge in [-0.15, -0.1) is 6.42 Å². The summed E-state index contributed by atoms with van der Waals surface area (Å²) >= 11 is 4.75. The quantitative estimate of drug-likeness (QED) is 0.144. The van der Waals surface area contributed by atoms with E-state index in [1.54, 1.807) is 5.92 Å². The van der Waals surface area contributed by atoms with Crippen LogP contribution in [0.5, 0.6) is 0 Å². The fourth-order valence-corrected chi connectivity index (χ4v) is 5.68. The Labute approximate surface area is 181 Å². The summed E-state index contributed by atoms with van der Waals surface area (Å²) in [4.78, 5) is 48.6. The second-order valence-corrected chi connectivity index (χ2v) is 10.7. The van der Waals surface area contributed by atoms with E-state index in [-0.39, 0.29) is 0 Å². The highest BCUT2D eigenvalue weighted by molar-refractivity contribution is 7.71. The van der Waals surface area contributed by atoms with Gasteiger partial charge in [-0.05, 0) is 12.2 Å². The molecule has 1 aliphatic heterocycles. The third kappa shape index (κ3) is 6.25. The van der Waals surface area contributed by atoms with Crippen LogP contribution in [-0.2, 0) is 31.6 Å². The lowest BCUT2D eigenvalue weighted by molar-refractivity contribution is -0.0903. The maximum Gasteiger partial charge on any atom is 0.490 e. The Bertz CT molecular complexity index is 1190. The lowest BCUT2D eigenvalue weighted by Gasteiger charge is -2.27. The lowest BCUT2D eigenvalue weighted by Crippen LogP contribution is -2.44. The number of halogens is 2. The minimum absolute atomic E-state index is 0.445. The van der Waals surface area contributed by atoms with Crippen LogP contribution in [0, 0.1) is 22.9 Å². The summed E-state index contributed by atoms with van der Waals surface area (Å²) < 4.78 is 78.5. The minimum atomic E-state index is -5.86. The molecule has 0 spiro atoms. The number of phosphoric acid groups is 3. The molecule has 0 aliphatic carbocycles. The molecule has 6 N–H and O–H groups in total. The van der Waals surface area contributed by atoms with Gasteiger partial charge in [0, 0.05) is 0 Å². The number of hydrogen-bond donors (Lipinski definition) is 6. The van der Waals surface area contributed by atoms with Gasteiger partial charge in [0.25, 0.3) is 5.56 Å². The number of ether oxygens (including phenoxy) is 1. The number of rotatable bonds is 8. The van der Waals surface area contributed by atoms with Gasteiger partial charge in [-0.25, -0.2) is 18.1 Å². The van der Waals surface area contributed by atoms with Crippen molar-refractivity contribution >= 4 is 35.7 Å². The number of terminal acetylenes is 1.